The van der Waals surface area contributed by atoms with Crippen molar-refractivity contribution in [1.82, 2.24) is 10.6 Å². The Labute approximate surface area is 125 Å². The number of amides is 2. The van der Waals surface area contributed by atoms with Crippen molar-refractivity contribution in [2.75, 3.05) is 6.54 Å². The fraction of sp³-hybridized carbons (Fsp3) is 0.471. The van der Waals surface area contributed by atoms with Gasteiger partial charge in [-0.1, -0.05) is 23.8 Å². The second-order valence-corrected chi connectivity index (χ2v) is 5.55. The molecule has 3 nitrogen and oxygen atoms in total. The number of urea groups is 1. The standard InChI is InChI=1S/C17H23FN2O/c1-13-7-8-15(11-16(13)18)12-20-17(21)19-10-9-14-5-3-2-4-6-14/h5,7-8,11H,2-4,6,9-10,12H2,1H3,(H2,19,20,21). The maximum Gasteiger partial charge on any atom is 0.315 e. The monoisotopic (exact) mass is 290 g/mol. The highest BCUT2D eigenvalue weighted by atomic mass is 19.1. The van der Waals surface area contributed by atoms with Crippen LogP contribution >= 0.6 is 0 Å². The first-order valence-corrected chi connectivity index (χ1v) is 7.60. The van der Waals surface area contributed by atoms with Gasteiger partial charge in [-0.2, -0.15) is 0 Å². The lowest BCUT2D eigenvalue weighted by Gasteiger charge is -2.13. The number of carbonyl (C=O) groups excluding carboxylic acids is 1. The first kappa shape index (κ1) is 15.5. The van der Waals surface area contributed by atoms with Gasteiger partial charge in [-0.25, -0.2) is 9.18 Å². The summed E-state index contributed by atoms with van der Waals surface area (Å²) >= 11 is 0. The Bertz CT molecular complexity index is 526. The lowest BCUT2D eigenvalue weighted by atomic mass is 9.97. The molecule has 0 unspecified atom stereocenters. The van der Waals surface area contributed by atoms with Gasteiger partial charge in [0.15, 0.2) is 0 Å². The van der Waals surface area contributed by atoms with Gasteiger partial charge in [0.25, 0.3) is 0 Å². The number of benzene rings is 1. The van der Waals surface area contributed by atoms with E-state index in [1.54, 1.807) is 13.0 Å². The zero-order chi connectivity index (χ0) is 15.1. The molecule has 0 fully saturated rings. The van der Waals surface area contributed by atoms with Crippen molar-refractivity contribution >= 4 is 6.03 Å². The largest absolute Gasteiger partial charge is 0.338 e. The molecule has 114 valence electrons. The summed E-state index contributed by atoms with van der Waals surface area (Å²) in [6.45, 7) is 2.71. The Morgan fingerprint density at radius 1 is 1.29 bits per heavy atom. The van der Waals surface area contributed by atoms with Crippen molar-refractivity contribution in [2.24, 2.45) is 0 Å². The van der Waals surface area contributed by atoms with Gasteiger partial charge >= 0.3 is 6.03 Å². The molecule has 1 aliphatic carbocycles. The Morgan fingerprint density at radius 2 is 2.14 bits per heavy atom. The molecule has 0 aromatic heterocycles. The fourth-order valence-electron chi connectivity index (χ4n) is 2.46. The molecule has 0 spiro atoms. The minimum atomic E-state index is -0.237. The predicted octanol–water partition coefficient (Wildman–Crippen LogP) is 3.82. The quantitative estimate of drug-likeness (QED) is 0.795. The molecule has 1 aromatic rings. The summed E-state index contributed by atoms with van der Waals surface area (Å²) in [5.41, 5.74) is 2.83. The summed E-state index contributed by atoms with van der Waals surface area (Å²) in [4.78, 5) is 11.7. The lowest BCUT2D eigenvalue weighted by Crippen LogP contribution is -2.35. The summed E-state index contributed by atoms with van der Waals surface area (Å²) in [7, 11) is 0. The van der Waals surface area contributed by atoms with E-state index in [0.29, 0.717) is 18.7 Å². The van der Waals surface area contributed by atoms with Crippen LogP contribution in [0.1, 0.15) is 43.2 Å². The molecule has 2 rings (SSSR count). The average Bonchev–Trinajstić information content (AvgIpc) is 2.49. The number of carbonyl (C=O) groups is 1. The zero-order valence-corrected chi connectivity index (χ0v) is 12.5. The first-order chi connectivity index (χ1) is 10.1. The molecule has 2 amide bonds. The topological polar surface area (TPSA) is 41.1 Å². The van der Waals surface area contributed by atoms with E-state index in [1.165, 1.54) is 30.9 Å². The van der Waals surface area contributed by atoms with Gasteiger partial charge in [-0.15, -0.1) is 0 Å². The highest BCUT2D eigenvalue weighted by Gasteiger charge is 2.05. The first-order valence-electron chi connectivity index (χ1n) is 7.60. The summed E-state index contributed by atoms with van der Waals surface area (Å²) in [6, 6.07) is 4.81. The number of rotatable bonds is 5. The highest BCUT2D eigenvalue weighted by Crippen LogP contribution is 2.19. The van der Waals surface area contributed by atoms with Gasteiger partial charge in [0, 0.05) is 13.1 Å². The number of allylic oxidation sites excluding steroid dienone is 1. The fourth-order valence-corrected chi connectivity index (χ4v) is 2.46. The maximum atomic E-state index is 13.4. The van der Waals surface area contributed by atoms with E-state index < -0.39 is 0 Å². The molecule has 0 atom stereocenters. The van der Waals surface area contributed by atoms with Crippen LogP contribution in [0, 0.1) is 12.7 Å². The highest BCUT2D eigenvalue weighted by molar-refractivity contribution is 5.73. The van der Waals surface area contributed by atoms with E-state index in [-0.39, 0.29) is 11.8 Å². The Balaban J connectivity index is 1.67. The van der Waals surface area contributed by atoms with Crippen LogP contribution in [0.15, 0.2) is 29.8 Å². The second kappa shape index (κ2) is 7.81. The summed E-state index contributed by atoms with van der Waals surface area (Å²) in [5, 5.41) is 5.59. The normalized spacial score (nSPS) is 14.5. The molecule has 0 heterocycles. The zero-order valence-electron chi connectivity index (χ0n) is 12.5. The third-order valence-corrected chi connectivity index (χ3v) is 3.81. The van der Waals surface area contributed by atoms with E-state index in [2.05, 4.69) is 16.7 Å². The Hall–Kier alpha value is -1.84. The molecular weight excluding hydrogens is 267 g/mol. The average molecular weight is 290 g/mol. The minimum Gasteiger partial charge on any atom is -0.338 e. The molecule has 0 aliphatic heterocycles. The smallest absolute Gasteiger partial charge is 0.315 e. The number of hydrogen-bond acceptors (Lipinski definition) is 1. The van der Waals surface area contributed by atoms with Crippen molar-refractivity contribution in [3.05, 3.63) is 46.8 Å². The Kier molecular flexibility index (Phi) is 5.78. The maximum absolute atomic E-state index is 13.4. The van der Waals surface area contributed by atoms with E-state index >= 15 is 0 Å². The van der Waals surface area contributed by atoms with Crippen LogP contribution in [0.4, 0.5) is 9.18 Å². The van der Waals surface area contributed by atoms with Crippen LogP contribution in [-0.2, 0) is 6.54 Å². The van der Waals surface area contributed by atoms with Crippen molar-refractivity contribution in [3.8, 4) is 0 Å². The van der Waals surface area contributed by atoms with E-state index in [9.17, 15) is 9.18 Å². The van der Waals surface area contributed by atoms with E-state index in [1.807, 2.05) is 6.07 Å². The van der Waals surface area contributed by atoms with Gasteiger partial charge in [-0.3, -0.25) is 0 Å². The SMILES string of the molecule is Cc1ccc(CNC(=O)NCCC2=CCCCC2)cc1F. The lowest BCUT2D eigenvalue weighted by molar-refractivity contribution is 0.240. The number of nitrogens with one attached hydrogen (secondary N) is 2. The van der Waals surface area contributed by atoms with Crippen molar-refractivity contribution in [2.45, 2.75) is 45.6 Å². The van der Waals surface area contributed by atoms with E-state index in [0.717, 1.165) is 18.4 Å². The molecule has 4 heteroatoms. The van der Waals surface area contributed by atoms with Crippen LogP contribution in [0.25, 0.3) is 0 Å². The second-order valence-electron chi connectivity index (χ2n) is 5.55. The van der Waals surface area contributed by atoms with Crippen LogP contribution < -0.4 is 10.6 Å². The number of hydrogen-bond donors (Lipinski definition) is 2. The van der Waals surface area contributed by atoms with Gasteiger partial charge in [0.1, 0.15) is 5.82 Å². The Morgan fingerprint density at radius 3 is 2.86 bits per heavy atom. The molecule has 0 bridgehead atoms. The molecule has 1 aliphatic rings. The van der Waals surface area contributed by atoms with E-state index in [4.69, 9.17) is 0 Å². The van der Waals surface area contributed by atoms with Crippen molar-refractivity contribution in [1.29, 1.82) is 0 Å². The summed E-state index contributed by atoms with van der Waals surface area (Å²) in [5.74, 6) is -0.237. The van der Waals surface area contributed by atoms with Crippen LogP contribution in [0.2, 0.25) is 0 Å². The summed E-state index contributed by atoms with van der Waals surface area (Å²) in [6.07, 6.45) is 8.08. The molecule has 21 heavy (non-hydrogen) atoms. The van der Waals surface area contributed by atoms with Crippen LogP contribution in [0.5, 0.6) is 0 Å². The molecule has 0 radical (unpaired) electrons. The molecule has 0 saturated carbocycles. The molecule has 2 N–H and O–H groups in total. The van der Waals surface area contributed by atoms with Gasteiger partial charge < -0.3 is 10.6 Å². The van der Waals surface area contributed by atoms with Crippen molar-refractivity contribution < 1.29 is 9.18 Å². The number of halogens is 1. The van der Waals surface area contributed by atoms with Gasteiger partial charge in [0.2, 0.25) is 0 Å². The van der Waals surface area contributed by atoms with Gasteiger partial charge in [0.05, 0.1) is 0 Å². The van der Waals surface area contributed by atoms with Gasteiger partial charge in [-0.05, 0) is 56.2 Å². The van der Waals surface area contributed by atoms with Crippen LogP contribution in [-0.4, -0.2) is 12.6 Å². The number of aryl methyl sites for hydroxylation is 1. The minimum absolute atomic E-state index is 0.201. The molecule has 1 aromatic carbocycles. The molecular formula is C17H23FN2O. The third-order valence-electron chi connectivity index (χ3n) is 3.81. The molecule has 0 saturated heterocycles. The van der Waals surface area contributed by atoms with Crippen LogP contribution in [0.3, 0.4) is 0 Å². The predicted molar refractivity (Wildman–Crippen MR) is 82.5 cm³/mol. The third kappa shape index (κ3) is 5.21. The van der Waals surface area contributed by atoms with Crippen molar-refractivity contribution in [3.63, 3.8) is 0 Å². The summed E-state index contributed by atoms with van der Waals surface area (Å²) < 4.78 is 13.4.